The molecule has 4 aromatic heterocycles. The van der Waals surface area contributed by atoms with E-state index in [1.165, 1.54) is 16.3 Å². The van der Waals surface area contributed by atoms with Crippen molar-refractivity contribution >= 4 is 65.6 Å². The van der Waals surface area contributed by atoms with Gasteiger partial charge in [0, 0.05) is 43.4 Å². The minimum absolute atomic E-state index is 0.557. The smallest absolute Gasteiger partial charge is 0.238 e. The van der Waals surface area contributed by atoms with Crippen LogP contribution in [0.1, 0.15) is 0 Å². The van der Waals surface area contributed by atoms with Crippen LogP contribution in [-0.4, -0.2) is 24.1 Å². The molecule has 57 heavy (non-hydrogen) atoms. The molecule has 0 fully saturated rings. The Morgan fingerprint density at radius 2 is 0.930 bits per heavy atom. The van der Waals surface area contributed by atoms with Gasteiger partial charge in [0.15, 0.2) is 17.2 Å². The molecule has 0 amide bonds. The molecule has 0 atom stereocenters. The summed E-state index contributed by atoms with van der Waals surface area (Å²) in [7, 11) is 0. The van der Waals surface area contributed by atoms with Crippen LogP contribution in [-0.2, 0) is 0 Å². The SMILES string of the molecule is c1ccc(-c2ccc3c4ccccc4n(-c4cccc5c4oc4cccc(-c6nc(-c7ccccc7)nc(-n7c8ccccc8c8ccccc87)n6)c45)c3c2)cc1. The predicted octanol–water partition coefficient (Wildman–Crippen LogP) is 13.0. The van der Waals surface area contributed by atoms with Gasteiger partial charge in [-0.05, 0) is 47.5 Å². The first-order valence-corrected chi connectivity index (χ1v) is 19.1. The number of para-hydroxylation sites is 4. The molecule has 0 unspecified atom stereocenters. The van der Waals surface area contributed by atoms with Gasteiger partial charge >= 0.3 is 0 Å². The maximum Gasteiger partial charge on any atom is 0.238 e. The Hall–Kier alpha value is -7.83. The molecule has 0 aliphatic carbocycles. The molecule has 12 rings (SSSR count). The van der Waals surface area contributed by atoms with Crippen LogP contribution in [0.25, 0.3) is 111 Å². The summed E-state index contributed by atoms with van der Waals surface area (Å²) >= 11 is 0. The molecular weight excluding hydrogens is 699 g/mol. The molecule has 6 nitrogen and oxygen atoms in total. The van der Waals surface area contributed by atoms with Gasteiger partial charge in [-0.2, -0.15) is 9.97 Å². The standard InChI is InChI=1S/C51H31N5O/c1-3-15-32(16-4-1)34-29-30-38-37-21-7-10-24-41(37)55(45(38)31-34)44-27-13-22-39-47-40(23-14-28-46(47)57-48(39)44)50-52-49(33-17-5-2-6-18-33)53-51(54-50)56-42-25-11-8-19-35(42)36-20-9-12-26-43(36)56/h1-31H. The van der Waals surface area contributed by atoms with Crippen LogP contribution in [0.5, 0.6) is 0 Å². The Morgan fingerprint density at radius 3 is 1.63 bits per heavy atom. The summed E-state index contributed by atoms with van der Waals surface area (Å²) in [5.41, 5.74) is 11.0. The van der Waals surface area contributed by atoms with Crippen molar-refractivity contribution in [3.63, 3.8) is 0 Å². The lowest BCUT2D eigenvalue weighted by molar-refractivity contribution is 0.666. The quantitative estimate of drug-likeness (QED) is 0.177. The first-order chi connectivity index (χ1) is 28.3. The molecular formula is C51H31N5O. The predicted molar refractivity (Wildman–Crippen MR) is 232 cm³/mol. The van der Waals surface area contributed by atoms with Crippen LogP contribution in [0.3, 0.4) is 0 Å². The van der Waals surface area contributed by atoms with E-state index < -0.39 is 0 Å². The Balaban J connectivity index is 1.12. The fraction of sp³-hybridized carbons (Fsp3) is 0. The van der Waals surface area contributed by atoms with Gasteiger partial charge in [-0.1, -0.05) is 152 Å². The topological polar surface area (TPSA) is 61.7 Å². The zero-order valence-electron chi connectivity index (χ0n) is 30.5. The molecule has 0 aliphatic rings. The second-order valence-corrected chi connectivity index (χ2v) is 14.4. The van der Waals surface area contributed by atoms with Crippen LogP contribution in [0, 0.1) is 0 Å². The molecule has 8 aromatic carbocycles. The van der Waals surface area contributed by atoms with Gasteiger partial charge in [0.25, 0.3) is 0 Å². The van der Waals surface area contributed by atoms with Gasteiger partial charge in [0.1, 0.15) is 5.58 Å². The van der Waals surface area contributed by atoms with Gasteiger partial charge in [-0.15, -0.1) is 0 Å². The summed E-state index contributed by atoms with van der Waals surface area (Å²) in [6.07, 6.45) is 0. The second kappa shape index (κ2) is 12.3. The monoisotopic (exact) mass is 729 g/mol. The van der Waals surface area contributed by atoms with Gasteiger partial charge in [-0.25, -0.2) is 4.98 Å². The van der Waals surface area contributed by atoms with E-state index in [1.54, 1.807) is 0 Å². The second-order valence-electron chi connectivity index (χ2n) is 14.4. The molecule has 0 aliphatic heterocycles. The molecule has 0 saturated carbocycles. The summed E-state index contributed by atoms with van der Waals surface area (Å²) in [6.45, 7) is 0. The molecule has 0 N–H and O–H groups in total. The van der Waals surface area contributed by atoms with E-state index in [2.05, 4.69) is 155 Å². The minimum Gasteiger partial charge on any atom is -0.454 e. The summed E-state index contributed by atoms with van der Waals surface area (Å²) in [6, 6.07) is 65.5. The normalized spacial score (nSPS) is 11.9. The lowest BCUT2D eigenvalue weighted by Gasteiger charge is -2.11. The van der Waals surface area contributed by atoms with Crippen molar-refractivity contribution < 1.29 is 4.42 Å². The van der Waals surface area contributed by atoms with Gasteiger partial charge in [0.05, 0.1) is 27.8 Å². The van der Waals surface area contributed by atoms with Crippen LogP contribution < -0.4 is 0 Å². The number of hydrogen-bond donors (Lipinski definition) is 0. The highest BCUT2D eigenvalue weighted by molar-refractivity contribution is 6.16. The van der Waals surface area contributed by atoms with Crippen molar-refractivity contribution in [2.24, 2.45) is 0 Å². The molecule has 4 heterocycles. The average molecular weight is 730 g/mol. The average Bonchev–Trinajstić information content (AvgIpc) is 3.95. The lowest BCUT2D eigenvalue weighted by Crippen LogP contribution is -2.06. The number of furan rings is 1. The van der Waals surface area contributed by atoms with Crippen molar-refractivity contribution in [2.45, 2.75) is 0 Å². The number of hydrogen-bond acceptors (Lipinski definition) is 4. The van der Waals surface area contributed by atoms with Gasteiger partial charge < -0.3 is 8.98 Å². The Kier molecular flexibility index (Phi) is 6.83. The van der Waals surface area contributed by atoms with Crippen molar-refractivity contribution in [2.75, 3.05) is 0 Å². The molecule has 12 aromatic rings. The van der Waals surface area contributed by atoms with Crippen molar-refractivity contribution in [3.8, 4) is 45.5 Å². The fourth-order valence-electron chi connectivity index (χ4n) is 8.68. The Bertz CT molecular complexity index is 3470. The van der Waals surface area contributed by atoms with Crippen LogP contribution >= 0.6 is 0 Å². The van der Waals surface area contributed by atoms with E-state index in [0.717, 1.165) is 77.2 Å². The maximum atomic E-state index is 6.92. The number of rotatable bonds is 5. The van der Waals surface area contributed by atoms with Crippen molar-refractivity contribution in [1.82, 2.24) is 24.1 Å². The molecule has 6 heteroatoms. The number of nitrogens with zero attached hydrogens (tertiary/aromatic N) is 5. The van der Waals surface area contributed by atoms with E-state index >= 15 is 0 Å². The van der Waals surface area contributed by atoms with Crippen molar-refractivity contribution in [3.05, 3.63) is 188 Å². The largest absolute Gasteiger partial charge is 0.454 e. The molecule has 266 valence electrons. The van der Waals surface area contributed by atoms with E-state index in [9.17, 15) is 0 Å². The summed E-state index contributed by atoms with van der Waals surface area (Å²) in [5.74, 6) is 1.73. The maximum absolute atomic E-state index is 6.92. The third-order valence-corrected chi connectivity index (χ3v) is 11.2. The highest BCUT2D eigenvalue weighted by atomic mass is 16.3. The van der Waals surface area contributed by atoms with Crippen LogP contribution in [0.4, 0.5) is 0 Å². The molecule has 0 spiro atoms. The number of fused-ring (bicyclic) bond motifs is 9. The molecule has 0 saturated heterocycles. The highest BCUT2D eigenvalue weighted by Gasteiger charge is 2.23. The number of benzene rings is 8. The van der Waals surface area contributed by atoms with Crippen molar-refractivity contribution in [1.29, 1.82) is 0 Å². The summed E-state index contributed by atoms with van der Waals surface area (Å²) < 4.78 is 11.4. The Morgan fingerprint density at radius 1 is 0.368 bits per heavy atom. The zero-order valence-corrected chi connectivity index (χ0v) is 30.5. The van der Waals surface area contributed by atoms with Gasteiger partial charge in [-0.3, -0.25) is 4.57 Å². The third-order valence-electron chi connectivity index (χ3n) is 11.2. The van der Waals surface area contributed by atoms with Gasteiger partial charge in [0.2, 0.25) is 5.95 Å². The fourth-order valence-corrected chi connectivity index (χ4v) is 8.68. The van der Waals surface area contributed by atoms with E-state index in [1.807, 2.05) is 42.5 Å². The van der Waals surface area contributed by atoms with Crippen LogP contribution in [0.2, 0.25) is 0 Å². The third kappa shape index (κ3) is 4.81. The number of aromatic nitrogens is 5. The zero-order chi connectivity index (χ0) is 37.5. The summed E-state index contributed by atoms with van der Waals surface area (Å²) in [5, 5.41) is 6.62. The highest BCUT2D eigenvalue weighted by Crippen LogP contribution is 2.42. The van der Waals surface area contributed by atoms with E-state index in [4.69, 9.17) is 19.4 Å². The first-order valence-electron chi connectivity index (χ1n) is 19.1. The van der Waals surface area contributed by atoms with E-state index in [0.29, 0.717) is 17.6 Å². The molecule has 0 radical (unpaired) electrons. The minimum atomic E-state index is 0.557. The summed E-state index contributed by atoms with van der Waals surface area (Å²) in [4.78, 5) is 15.6. The first kappa shape index (κ1) is 31.5. The van der Waals surface area contributed by atoms with Crippen LogP contribution in [0.15, 0.2) is 192 Å². The lowest BCUT2D eigenvalue weighted by atomic mass is 10.0. The van der Waals surface area contributed by atoms with E-state index in [-0.39, 0.29) is 0 Å². The molecule has 0 bridgehead atoms. The Labute approximate surface area is 326 Å².